The fourth-order valence-electron chi connectivity index (χ4n) is 3.45. The number of benzene rings is 2. The van der Waals surface area contributed by atoms with Gasteiger partial charge in [0, 0.05) is 31.1 Å². The summed E-state index contributed by atoms with van der Waals surface area (Å²) in [6.07, 6.45) is 0. The average Bonchev–Trinajstić information content (AvgIpc) is 3.42. The van der Waals surface area contributed by atoms with E-state index in [-0.39, 0.29) is 0 Å². The number of hydrogen-bond acceptors (Lipinski definition) is 8. The Morgan fingerprint density at radius 2 is 1.74 bits per heavy atom. The molecule has 4 aromatic rings. The lowest BCUT2D eigenvalue weighted by Crippen LogP contribution is -2.37. The second-order valence-electron chi connectivity index (χ2n) is 7.11. The summed E-state index contributed by atoms with van der Waals surface area (Å²) in [5, 5.41) is 10.0. The molecule has 2 aromatic carbocycles. The Bertz CT molecular complexity index is 1090. The number of fused-ring (bicyclic) bond motifs is 1. The lowest BCUT2D eigenvalue weighted by atomic mass is 10.3. The maximum absolute atomic E-state index is 5.45. The highest BCUT2D eigenvalue weighted by Crippen LogP contribution is 2.32. The van der Waals surface area contributed by atoms with Crippen LogP contribution in [0.4, 0.5) is 0 Å². The summed E-state index contributed by atoms with van der Waals surface area (Å²) in [7, 11) is 0. The molecule has 31 heavy (non-hydrogen) atoms. The summed E-state index contributed by atoms with van der Waals surface area (Å²) in [6.45, 7) is 4.72. The molecular formula is C22H23N5OS3. The van der Waals surface area contributed by atoms with Gasteiger partial charge in [-0.3, -0.25) is 9.47 Å². The first kappa shape index (κ1) is 21.0. The topological polar surface area (TPSA) is 56.1 Å². The zero-order valence-corrected chi connectivity index (χ0v) is 19.5. The Balaban J connectivity index is 1.31. The van der Waals surface area contributed by atoms with Gasteiger partial charge in [-0.05, 0) is 24.3 Å². The largest absolute Gasteiger partial charge is 0.379 e. The molecule has 6 nitrogen and oxygen atoms in total. The van der Waals surface area contributed by atoms with E-state index in [0.29, 0.717) is 0 Å². The lowest BCUT2D eigenvalue weighted by Gasteiger charge is -2.26. The van der Waals surface area contributed by atoms with E-state index in [4.69, 9.17) is 9.72 Å². The number of morpholine rings is 1. The molecule has 0 aliphatic carbocycles. The summed E-state index contributed by atoms with van der Waals surface area (Å²) in [5.74, 6) is 2.66. The van der Waals surface area contributed by atoms with Crippen molar-refractivity contribution in [2.75, 3.05) is 38.6 Å². The summed E-state index contributed by atoms with van der Waals surface area (Å²) >= 11 is 5.22. The van der Waals surface area contributed by atoms with Crippen LogP contribution in [0.15, 0.2) is 64.1 Å². The normalized spacial score (nSPS) is 15.0. The lowest BCUT2D eigenvalue weighted by molar-refractivity contribution is 0.0410. The van der Waals surface area contributed by atoms with Crippen LogP contribution in [0.5, 0.6) is 0 Å². The van der Waals surface area contributed by atoms with E-state index >= 15 is 0 Å². The van der Waals surface area contributed by atoms with Gasteiger partial charge < -0.3 is 4.74 Å². The fraction of sp³-hybridized carbons (Fsp3) is 0.318. The third-order valence-electron chi connectivity index (χ3n) is 5.06. The monoisotopic (exact) mass is 469 g/mol. The molecule has 0 atom stereocenters. The Kier molecular flexibility index (Phi) is 6.86. The highest BCUT2D eigenvalue weighted by Gasteiger charge is 2.17. The van der Waals surface area contributed by atoms with Gasteiger partial charge in [0.2, 0.25) is 0 Å². The molecule has 0 bridgehead atoms. The summed E-state index contributed by atoms with van der Waals surface area (Å²) in [4.78, 5) is 7.19. The van der Waals surface area contributed by atoms with Gasteiger partial charge in [0.05, 0.1) is 29.2 Å². The molecule has 9 heteroatoms. The standard InChI is InChI=1S/C22H23N5OS3/c1-2-6-17(7-3-1)27-20(16-30-22-23-18-8-4-5-9-19(18)31-22)24-25-21(27)29-15-12-26-10-13-28-14-11-26/h1-9H,10-16H2. The quantitative estimate of drug-likeness (QED) is 0.350. The van der Waals surface area contributed by atoms with Crippen LogP contribution in [0, 0.1) is 0 Å². The van der Waals surface area contributed by atoms with Crippen LogP contribution in [0.2, 0.25) is 0 Å². The number of rotatable bonds is 8. The van der Waals surface area contributed by atoms with Crippen molar-refractivity contribution in [2.45, 2.75) is 15.2 Å². The molecule has 0 saturated carbocycles. The number of para-hydroxylation sites is 2. The predicted octanol–water partition coefficient (Wildman–Crippen LogP) is 4.59. The molecule has 0 amide bonds. The number of aromatic nitrogens is 4. The fourth-order valence-corrected chi connectivity index (χ4v) is 6.41. The van der Waals surface area contributed by atoms with Crippen molar-refractivity contribution < 1.29 is 4.74 Å². The highest BCUT2D eigenvalue weighted by molar-refractivity contribution is 8.00. The second-order valence-corrected chi connectivity index (χ2v) is 10.4. The van der Waals surface area contributed by atoms with Gasteiger partial charge in [-0.15, -0.1) is 21.5 Å². The molecule has 0 spiro atoms. The Morgan fingerprint density at radius 1 is 0.935 bits per heavy atom. The second kappa shape index (κ2) is 10.1. The van der Waals surface area contributed by atoms with Gasteiger partial charge in [0.15, 0.2) is 9.50 Å². The number of thioether (sulfide) groups is 2. The minimum absolute atomic E-state index is 0.728. The van der Waals surface area contributed by atoms with Crippen LogP contribution in [0.25, 0.3) is 15.9 Å². The number of ether oxygens (including phenoxy) is 1. The van der Waals surface area contributed by atoms with Crippen LogP contribution < -0.4 is 0 Å². The van der Waals surface area contributed by atoms with E-state index in [1.54, 1.807) is 34.9 Å². The van der Waals surface area contributed by atoms with Crippen molar-refractivity contribution in [1.29, 1.82) is 0 Å². The van der Waals surface area contributed by atoms with Crippen molar-refractivity contribution in [3.63, 3.8) is 0 Å². The molecule has 2 aromatic heterocycles. The smallest absolute Gasteiger partial charge is 0.195 e. The summed E-state index contributed by atoms with van der Waals surface area (Å²) in [5.41, 5.74) is 2.15. The molecule has 0 N–H and O–H groups in total. The maximum atomic E-state index is 5.45. The third kappa shape index (κ3) is 5.12. The number of nitrogens with zero attached hydrogens (tertiary/aromatic N) is 5. The molecule has 0 unspecified atom stereocenters. The maximum Gasteiger partial charge on any atom is 0.195 e. The van der Waals surface area contributed by atoms with Gasteiger partial charge in [-0.2, -0.15) is 0 Å². The van der Waals surface area contributed by atoms with Gasteiger partial charge >= 0.3 is 0 Å². The molecule has 1 fully saturated rings. The van der Waals surface area contributed by atoms with Gasteiger partial charge in [-0.25, -0.2) is 4.98 Å². The van der Waals surface area contributed by atoms with E-state index in [9.17, 15) is 0 Å². The van der Waals surface area contributed by atoms with Gasteiger partial charge in [0.25, 0.3) is 0 Å². The SMILES string of the molecule is c1ccc(-n2c(CSc3nc4ccccc4s3)nnc2SCCN2CCOCC2)cc1. The van der Waals surface area contributed by atoms with Gasteiger partial charge in [0.1, 0.15) is 5.82 Å². The van der Waals surface area contributed by atoms with E-state index < -0.39 is 0 Å². The van der Waals surface area contributed by atoms with Crippen LogP contribution in [0.3, 0.4) is 0 Å². The van der Waals surface area contributed by atoms with Crippen LogP contribution in [-0.2, 0) is 10.5 Å². The predicted molar refractivity (Wildman–Crippen MR) is 129 cm³/mol. The van der Waals surface area contributed by atoms with E-state index in [0.717, 1.165) is 70.9 Å². The van der Waals surface area contributed by atoms with Crippen molar-refractivity contribution in [3.05, 3.63) is 60.4 Å². The third-order valence-corrected chi connectivity index (χ3v) is 8.14. The van der Waals surface area contributed by atoms with Crippen LogP contribution >= 0.6 is 34.9 Å². The molecule has 1 saturated heterocycles. The Hall–Kier alpha value is -1.91. The minimum atomic E-state index is 0.728. The molecular weight excluding hydrogens is 446 g/mol. The van der Waals surface area contributed by atoms with E-state index in [1.807, 2.05) is 12.1 Å². The van der Waals surface area contributed by atoms with Crippen molar-refractivity contribution >= 4 is 45.1 Å². The highest BCUT2D eigenvalue weighted by atomic mass is 32.2. The summed E-state index contributed by atoms with van der Waals surface area (Å²) < 4.78 is 9.91. The van der Waals surface area contributed by atoms with Crippen molar-refractivity contribution in [3.8, 4) is 5.69 Å². The molecule has 5 rings (SSSR count). The zero-order valence-electron chi connectivity index (χ0n) is 17.0. The first-order valence-corrected chi connectivity index (χ1v) is 13.1. The molecule has 0 radical (unpaired) electrons. The zero-order chi connectivity index (χ0) is 20.9. The van der Waals surface area contributed by atoms with Crippen molar-refractivity contribution in [2.24, 2.45) is 0 Å². The van der Waals surface area contributed by atoms with Gasteiger partial charge in [-0.1, -0.05) is 53.9 Å². The van der Waals surface area contributed by atoms with E-state index in [2.05, 4.69) is 62.1 Å². The first-order chi connectivity index (χ1) is 15.4. The minimum Gasteiger partial charge on any atom is -0.379 e. The number of hydrogen-bond donors (Lipinski definition) is 0. The molecule has 1 aliphatic heterocycles. The van der Waals surface area contributed by atoms with E-state index in [1.165, 1.54) is 4.70 Å². The average molecular weight is 470 g/mol. The van der Waals surface area contributed by atoms with Crippen LogP contribution in [0.1, 0.15) is 5.82 Å². The molecule has 3 heterocycles. The van der Waals surface area contributed by atoms with Crippen LogP contribution in [-0.4, -0.2) is 63.2 Å². The van der Waals surface area contributed by atoms with Crippen molar-refractivity contribution in [1.82, 2.24) is 24.6 Å². The Morgan fingerprint density at radius 3 is 2.58 bits per heavy atom. The molecule has 160 valence electrons. The molecule has 1 aliphatic rings. The first-order valence-electron chi connectivity index (χ1n) is 10.3. The Labute approximate surface area is 194 Å². The summed E-state index contributed by atoms with van der Waals surface area (Å²) in [6, 6.07) is 18.6. The number of thiazole rings is 1.